The number of carbonyl (C=O) groups excluding carboxylic acids is 1. The van der Waals surface area contributed by atoms with Crippen LogP contribution >= 0.6 is 0 Å². The highest BCUT2D eigenvalue weighted by Crippen LogP contribution is 2.34. The van der Waals surface area contributed by atoms with Crippen molar-refractivity contribution < 1.29 is 13.2 Å². The quantitative estimate of drug-likeness (QED) is 0.830. The summed E-state index contributed by atoms with van der Waals surface area (Å²) in [4.78, 5) is 19.0. The fraction of sp³-hybridized carbons (Fsp3) is 0.143. The van der Waals surface area contributed by atoms with Crippen LogP contribution in [0.25, 0.3) is 11.6 Å². The van der Waals surface area contributed by atoms with Crippen molar-refractivity contribution in [2.24, 2.45) is 0 Å². The van der Waals surface area contributed by atoms with Crippen molar-refractivity contribution in [1.82, 2.24) is 14.3 Å². The molecule has 0 spiro atoms. The number of rotatable bonds is 3. The van der Waals surface area contributed by atoms with Gasteiger partial charge in [0, 0.05) is 25.3 Å². The summed E-state index contributed by atoms with van der Waals surface area (Å²) in [6, 6.07) is 4.58. The van der Waals surface area contributed by atoms with Crippen molar-refractivity contribution in [3.63, 3.8) is 0 Å². The van der Waals surface area contributed by atoms with E-state index in [-0.39, 0.29) is 10.8 Å². The van der Waals surface area contributed by atoms with E-state index in [1.807, 2.05) is 0 Å². The average molecular weight is 318 g/mol. The van der Waals surface area contributed by atoms with E-state index < -0.39 is 10.0 Å². The first-order valence-electron chi connectivity index (χ1n) is 6.48. The molecule has 1 aromatic carbocycles. The highest BCUT2D eigenvalue weighted by Gasteiger charge is 2.27. The molecule has 0 atom stereocenters. The summed E-state index contributed by atoms with van der Waals surface area (Å²) in [5.74, 6) is -0.274. The molecule has 3 rings (SSSR count). The van der Waals surface area contributed by atoms with Gasteiger partial charge in [-0.15, -0.1) is 0 Å². The Bertz CT molecular complexity index is 867. The lowest BCUT2D eigenvalue weighted by Gasteiger charge is -2.12. The topological polar surface area (TPSA) is 95.2 Å². The van der Waals surface area contributed by atoms with Crippen LogP contribution in [-0.4, -0.2) is 42.7 Å². The molecule has 2 N–H and O–H groups in total. The van der Waals surface area contributed by atoms with Crippen LogP contribution in [0, 0.1) is 0 Å². The molecule has 0 saturated carbocycles. The number of sulfonamides is 1. The summed E-state index contributed by atoms with van der Waals surface area (Å²) in [6.45, 7) is 0. The zero-order valence-corrected chi connectivity index (χ0v) is 12.8. The maximum Gasteiger partial charge on any atom is 0.256 e. The summed E-state index contributed by atoms with van der Waals surface area (Å²) < 4.78 is 25.6. The largest absolute Gasteiger partial charge is 0.345 e. The van der Waals surface area contributed by atoms with Crippen molar-refractivity contribution in [3.8, 4) is 0 Å². The number of hydrogen-bond acceptors (Lipinski definition) is 4. The van der Waals surface area contributed by atoms with Gasteiger partial charge in [-0.3, -0.25) is 4.79 Å². The number of nitrogens with zero attached hydrogens (tertiary/aromatic N) is 2. The second kappa shape index (κ2) is 5.08. The minimum absolute atomic E-state index is 0.142. The van der Waals surface area contributed by atoms with Crippen LogP contribution in [-0.2, 0) is 14.8 Å². The number of imidazole rings is 1. The molecular weight excluding hydrogens is 304 g/mol. The van der Waals surface area contributed by atoms with E-state index in [1.165, 1.54) is 32.6 Å². The molecule has 0 unspecified atom stereocenters. The number of carbonyl (C=O) groups is 1. The molecule has 7 nitrogen and oxygen atoms in total. The first-order valence-corrected chi connectivity index (χ1v) is 7.92. The van der Waals surface area contributed by atoms with Gasteiger partial charge in [0.25, 0.3) is 5.91 Å². The Labute approximate surface area is 127 Å². The summed E-state index contributed by atoms with van der Waals surface area (Å²) in [5.41, 5.74) is 2.21. The Balaban J connectivity index is 2.13. The van der Waals surface area contributed by atoms with Gasteiger partial charge in [0.05, 0.1) is 28.7 Å². The lowest BCUT2D eigenvalue weighted by molar-refractivity contribution is -0.110. The van der Waals surface area contributed by atoms with E-state index in [0.29, 0.717) is 22.5 Å². The van der Waals surface area contributed by atoms with Gasteiger partial charge in [0.2, 0.25) is 10.0 Å². The molecule has 1 aliphatic heterocycles. The first kappa shape index (κ1) is 14.5. The highest BCUT2D eigenvalue weighted by molar-refractivity contribution is 7.89. The maximum absolute atomic E-state index is 12.2. The Morgan fingerprint density at radius 3 is 2.68 bits per heavy atom. The van der Waals surface area contributed by atoms with Gasteiger partial charge < -0.3 is 10.3 Å². The molecule has 2 aromatic rings. The molecule has 22 heavy (non-hydrogen) atoms. The number of benzene rings is 1. The molecule has 114 valence electrons. The smallest absolute Gasteiger partial charge is 0.256 e. The minimum atomic E-state index is -3.55. The molecule has 0 fully saturated rings. The van der Waals surface area contributed by atoms with Crippen LogP contribution in [0.15, 0.2) is 35.6 Å². The molecule has 8 heteroatoms. The third-order valence-electron chi connectivity index (χ3n) is 3.37. The molecule has 2 heterocycles. The van der Waals surface area contributed by atoms with Crippen molar-refractivity contribution in [3.05, 3.63) is 42.0 Å². The monoisotopic (exact) mass is 318 g/mol. The van der Waals surface area contributed by atoms with Gasteiger partial charge in [-0.2, -0.15) is 0 Å². The van der Waals surface area contributed by atoms with Crippen LogP contribution < -0.4 is 5.32 Å². The van der Waals surface area contributed by atoms with Gasteiger partial charge in [-0.25, -0.2) is 17.7 Å². The summed E-state index contributed by atoms with van der Waals surface area (Å²) in [7, 11) is -0.623. The third kappa shape index (κ3) is 2.32. The van der Waals surface area contributed by atoms with E-state index in [9.17, 15) is 13.2 Å². The zero-order chi connectivity index (χ0) is 15.9. The van der Waals surface area contributed by atoms with Crippen LogP contribution in [0.4, 0.5) is 5.69 Å². The van der Waals surface area contributed by atoms with Crippen LogP contribution in [0.2, 0.25) is 0 Å². The Morgan fingerprint density at radius 1 is 1.27 bits per heavy atom. The number of aromatic nitrogens is 2. The number of anilines is 1. The van der Waals surface area contributed by atoms with Gasteiger partial charge in [-0.05, 0) is 24.3 Å². The van der Waals surface area contributed by atoms with E-state index in [2.05, 4.69) is 15.3 Å². The molecular formula is C14H14N4O3S. The number of amides is 1. The molecule has 0 saturated heterocycles. The van der Waals surface area contributed by atoms with Gasteiger partial charge in [-0.1, -0.05) is 0 Å². The fourth-order valence-corrected chi connectivity index (χ4v) is 3.11. The number of nitrogens with one attached hydrogen (secondary N) is 2. The predicted octanol–water partition coefficient (Wildman–Crippen LogP) is 1.15. The fourth-order valence-electron chi connectivity index (χ4n) is 2.18. The molecule has 0 bridgehead atoms. The Hall–Kier alpha value is -2.45. The van der Waals surface area contributed by atoms with Gasteiger partial charge in [0.15, 0.2) is 0 Å². The number of hydrogen-bond donors (Lipinski definition) is 2. The van der Waals surface area contributed by atoms with Gasteiger partial charge in [0.1, 0.15) is 0 Å². The van der Waals surface area contributed by atoms with Crippen LogP contribution in [0.3, 0.4) is 0 Å². The van der Waals surface area contributed by atoms with Crippen LogP contribution in [0.5, 0.6) is 0 Å². The predicted molar refractivity (Wildman–Crippen MR) is 82.4 cm³/mol. The second-order valence-corrected chi connectivity index (χ2v) is 7.17. The molecule has 0 radical (unpaired) electrons. The van der Waals surface area contributed by atoms with E-state index in [4.69, 9.17) is 0 Å². The first-order chi connectivity index (χ1) is 10.4. The van der Waals surface area contributed by atoms with Crippen molar-refractivity contribution >= 4 is 33.3 Å². The Morgan fingerprint density at radius 2 is 2.05 bits per heavy atom. The number of H-pyrrole nitrogens is 1. The molecule has 1 amide bonds. The van der Waals surface area contributed by atoms with Crippen molar-refractivity contribution in [2.75, 3.05) is 19.4 Å². The normalized spacial score (nSPS) is 16.1. The second-order valence-electron chi connectivity index (χ2n) is 5.01. The maximum atomic E-state index is 12.2. The van der Waals surface area contributed by atoms with Crippen molar-refractivity contribution in [1.29, 1.82) is 0 Å². The summed E-state index contributed by atoms with van der Waals surface area (Å²) in [5, 5.41) is 2.72. The average Bonchev–Trinajstić information content (AvgIpc) is 3.07. The molecule has 1 aromatic heterocycles. The summed E-state index contributed by atoms with van der Waals surface area (Å²) in [6.07, 6.45) is 4.73. The number of aromatic amines is 1. The van der Waals surface area contributed by atoms with Crippen molar-refractivity contribution in [2.45, 2.75) is 4.90 Å². The molecule has 1 aliphatic rings. The van der Waals surface area contributed by atoms with E-state index in [1.54, 1.807) is 18.3 Å². The zero-order valence-electron chi connectivity index (χ0n) is 12.0. The van der Waals surface area contributed by atoms with Crippen LogP contribution in [0.1, 0.15) is 11.3 Å². The highest BCUT2D eigenvalue weighted by atomic mass is 32.2. The summed E-state index contributed by atoms with van der Waals surface area (Å²) >= 11 is 0. The van der Waals surface area contributed by atoms with E-state index >= 15 is 0 Å². The third-order valence-corrected chi connectivity index (χ3v) is 5.18. The van der Waals surface area contributed by atoms with Gasteiger partial charge >= 0.3 is 0 Å². The SMILES string of the molecule is CN(C)S(=O)(=O)c1ccc2c(c1)/C(=C/c1cnc[nH]1)C(=O)N2. The minimum Gasteiger partial charge on any atom is -0.345 e. The Kier molecular flexibility index (Phi) is 3.34. The lowest BCUT2D eigenvalue weighted by Crippen LogP contribution is -2.22. The molecule has 0 aliphatic carbocycles. The van der Waals surface area contributed by atoms with E-state index in [0.717, 1.165) is 4.31 Å². The standard InChI is InChI=1S/C14H14N4O3S/c1-18(2)22(20,21)10-3-4-13-11(6-10)12(14(19)17-13)5-9-7-15-8-16-9/h3-8H,1-2H3,(H,15,16)(H,17,19)/b12-5-. The lowest BCUT2D eigenvalue weighted by atomic mass is 10.1. The number of fused-ring (bicyclic) bond motifs is 1.